The molecule has 0 saturated heterocycles. The van der Waals surface area contributed by atoms with Crippen molar-refractivity contribution in [2.75, 3.05) is 12.8 Å². The van der Waals surface area contributed by atoms with Crippen LogP contribution in [-0.2, 0) is 14.8 Å². The van der Waals surface area contributed by atoms with Crippen LogP contribution in [-0.4, -0.2) is 42.5 Å². The predicted molar refractivity (Wildman–Crippen MR) is 101 cm³/mol. The van der Waals surface area contributed by atoms with Gasteiger partial charge in [0.05, 0.1) is 17.9 Å². The van der Waals surface area contributed by atoms with Crippen LogP contribution in [0, 0.1) is 16.7 Å². The van der Waals surface area contributed by atoms with Crippen molar-refractivity contribution in [2.24, 2.45) is 16.7 Å². The molecule has 1 aromatic rings. The molecule has 6 heteroatoms. The van der Waals surface area contributed by atoms with Gasteiger partial charge in [-0.2, -0.15) is 4.31 Å². The number of sulfonamides is 1. The van der Waals surface area contributed by atoms with Gasteiger partial charge in [0.15, 0.2) is 0 Å². The van der Waals surface area contributed by atoms with E-state index in [9.17, 15) is 18.3 Å². The van der Waals surface area contributed by atoms with Crippen LogP contribution in [0.2, 0.25) is 0 Å². The molecule has 0 aliphatic heterocycles. The molecule has 4 atom stereocenters. The van der Waals surface area contributed by atoms with Crippen LogP contribution in [0.1, 0.15) is 51.7 Å². The van der Waals surface area contributed by atoms with Gasteiger partial charge in [0.2, 0.25) is 10.0 Å². The first kappa shape index (κ1) is 19.5. The lowest BCUT2D eigenvalue weighted by atomic mass is 9.70. The summed E-state index contributed by atoms with van der Waals surface area (Å²) in [5.41, 5.74) is -0.403. The summed E-state index contributed by atoms with van der Waals surface area (Å²) in [6, 6.07) is 8.44. The maximum Gasteiger partial charge on any atom is 0.215 e. The lowest BCUT2D eigenvalue weighted by molar-refractivity contribution is -0.128. The zero-order valence-electron chi connectivity index (χ0n) is 16.0. The SMILES string of the molecule is CC(C(O)c1ccccc1)N(C)S(=O)(=O)CC12CCC(CC1=O)C2(C)C. The molecular formula is C20H29NO4S. The first-order chi connectivity index (χ1) is 12.0. The Balaban J connectivity index is 1.83. The Kier molecular flexibility index (Phi) is 4.83. The number of aliphatic hydroxyl groups excluding tert-OH is 1. The van der Waals surface area contributed by atoms with E-state index in [1.54, 1.807) is 19.1 Å². The molecule has 1 N–H and O–H groups in total. The maximum atomic E-state index is 13.1. The van der Waals surface area contributed by atoms with E-state index in [0.29, 0.717) is 18.4 Å². The number of likely N-dealkylation sites (N-methyl/N-ethyl adjacent to an activating group) is 1. The molecule has 0 heterocycles. The van der Waals surface area contributed by atoms with Gasteiger partial charge in [-0.15, -0.1) is 0 Å². The molecule has 26 heavy (non-hydrogen) atoms. The van der Waals surface area contributed by atoms with Crippen molar-refractivity contribution in [3.05, 3.63) is 35.9 Å². The van der Waals surface area contributed by atoms with Crippen molar-refractivity contribution in [2.45, 2.75) is 52.2 Å². The molecule has 0 radical (unpaired) electrons. The molecule has 5 nitrogen and oxygen atoms in total. The van der Waals surface area contributed by atoms with Crippen LogP contribution in [0.25, 0.3) is 0 Å². The van der Waals surface area contributed by atoms with Gasteiger partial charge in [0.25, 0.3) is 0 Å². The van der Waals surface area contributed by atoms with Crippen LogP contribution in [0.5, 0.6) is 0 Å². The molecule has 2 fully saturated rings. The Morgan fingerprint density at radius 1 is 1.27 bits per heavy atom. The van der Waals surface area contributed by atoms with E-state index < -0.39 is 27.6 Å². The zero-order chi connectivity index (χ0) is 19.3. The molecule has 0 aromatic heterocycles. The van der Waals surface area contributed by atoms with Gasteiger partial charge in [-0.25, -0.2) is 8.42 Å². The molecule has 2 bridgehead atoms. The van der Waals surface area contributed by atoms with E-state index in [1.165, 1.54) is 11.4 Å². The second kappa shape index (κ2) is 6.43. The molecule has 2 saturated carbocycles. The summed E-state index contributed by atoms with van der Waals surface area (Å²) in [7, 11) is -2.19. The zero-order valence-corrected chi connectivity index (χ0v) is 16.8. The van der Waals surface area contributed by atoms with Gasteiger partial charge in [0, 0.05) is 18.9 Å². The summed E-state index contributed by atoms with van der Waals surface area (Å²) in [4.78, 5) is 12.7. The van der Waals surface area contributed by atoms with Crippen molar-refractivity contribution < 1.29 is 18.3 Å². The molecule has 2 aliphatic carbocycles. The van der Waals surface area contributed by atoms with Crippen LogP contribution < -0.4 is 0 Å². The number of ketones is 1. The van der Waals surface area contributed by atoms with Crippen molar-refractivity contribution in [3.8, 4) is 0 Å². The summed E-state index contributed by atoms with van der Waals surface area (Å²) in [5.74, 6) is 0.208. The highest BCUT2D eigenvalue weighted by atomic mass is 32.2. The summed E-state index contributed by atoms with van der Waals surface area (Å²) >= 11 is 0. The van der Waals surface area contributed by atoms with Gasteiger partial charge in [-0.3, -0.25) is 4.79 Å². The molecule has 0 amide bonds. The Morgan fingerprint density at radius 3 is 2.38 bits per heavy atom. The van der Waals surface area contributed by atoms with Crippen LogP contribution in [0.15, 0.2) is 30.3 Å². The van der Waals surface area contributed by atoms with Gasteiger partial charge in [0.1, 0.15) is 5.78 Å². The second-order valence-electron chi connectivity index (χ2n) is 8.54. The second-order valence-corrected chi connectivity index (χ2v) is 10.6. The molecule has 3 rings (SSSR count). The lowest BCUT2D eigenvalue weighted by Crippen LogP contribution is -2.48. The van der Waals surface area contributed by atoms with Crippen LogP contribution in [0.3, 0.4) is 0 Å². The third-order valence-corrected chi connectivity index (χ3v) is 9.25. The maximum absolute atomic E-state index is 13.1. The van der Waals surface area contributed by atoms with E-state index in [0.717, 1.165) is 6.42 Å². The number of fused-ring (bicyclic) bond motifs is 2. The summed E-state index contributed by atoms with van der Waals surface area (Å²) < 4.78 is 27.5. The number of carbonyl (C=O) groups is 1. The van der Waals surface area contributed by atoms with Crippen molar-refractivity contribution >= 4 is 15.8 Å². The van der Waals surface area contributed by atoms with Crippen LogP contribution in [0.4, 0.5) is 0 Å². The highest BCUT2D eigenvalue weighted by molar-refractivity contribution is 7.89. The Bertz CT molecular complexity index is 789. The molecule has 144 valence electrons. The van der Waals surface area contributed by atoms with E-state index in [-0.39, 0.29) is 22.9 Å². The smallest absolute Gasteiger partial charge is 0.215 e. The topological polar surface area (TPSA) is 74.7 Å². The molecular weight excluding hydrogens is 350 g/mol. The fraction of sp³-hybridized carbons (Fsp3) is 0.650. The summed E-state index contributed by atoms with van der Waals surface area (Å²) in [5, 5.41) is 10.6. The summed E-state index contributed by atoms with van der Waals surface area (Å²) in [6.07, 6.45) is 1.14. The van der Waals surface area contributed by atoms with E-state index >= 15 is 0 Å². The fourth-order valence-corrected chi connectivity index (χ4v) is 7.03. The third kappa shape index (κ3) is 2.83. The molecule has 1 aromatic carbocycles. The number of rotatable bonds is 6. The first-order valence-corrected chi connectivity index (χ1v) is 10.9. The minimum atomic E-state index is -3.69. The predicted octanol–water partition coefficient (Wildman–Crippen LogP) is 2.77. The first-order valence-electron chi connectivity index (χ1n) is 9.25. The Hall–Kier alpha value is -1.24. The standard InChI is InChI=1S/C20H29NO4S/c1-14(18(23)15-8-6-5-7-9-15)21(4)26(24,25)13-20-11-10-16(12-17(20)22)19(20,2)3/h5-9,14,16,18,23H,10-13H2,1-4H3. The molecule has 4 unspecified atom stereocenters. The largest absolute Gasteiger partial charge is 0.387 e. The Morgan fingerprint density at radius 2 is 1.88 bits per heavy atom. The highest BCUT2D eigenvalue weighted by Crippen LogP contribution is 2.64. The monoisotopic (exact) mass is 379 g/mol. The van der Waals surface area contributed by atoms with E-state index in [4.69, 9.17) is 0 Å². The summed E-state index contributed by atoms with van der Waals surface area (Å²) in [6.45, 7) is 5.77. The number of hydrogen-bond acceptors (Lipinski definition) is 4. The molecule has 0 spiro atoms. The normalized spacial score (nSPS) is 29.9. The minimum Gasteiger partial charge on any atom is -0.387 e. The Labute approximate surface area is 156 Å². The minimum absolute atomic E-state index is 0.0898. The van der Waals surface area contributed by atoms with Gasteiger partial charge >= 0.3 is 0 Å². The average molecular weight is 380 g/mol. The van der Waals surface area contributed by atoms with E-state index in [1.807, 2.05) is 32.0 Å². The fourth-order valence-electron chi connectivity index (χ4n) is 4.90. The highest BCUT2D eigenvalue weighted by Gasteiger charge is 2.65. The lowest BCUT2D eigenvalue weighted by Gasteiger charge is -2.38. The van der Waals surface area contributed by atoms with Crippen molar-refractivity contribution in [3.63, 3.8) is 0 Å². The number of carbonyl (C=O) groups excluding carboxylic acids is 1. The quantitative estimate of drug-likeness (QED) is 0.825. The number of hydrogen-bond donors (Lipinski definition) is 1. The third-order valence-electron chi connectivity index (χ3n) is 7.18. The molecule has 2 aliphatic rings. The number of Topliss-reactive ketones (excluding diaryl/α,β-unsaturated/α-hetero) is 1. The van der Waals surface area contributed by atoms with Crippen molar-refractivity contribution in [1.29, 1.82) is 0 Å². The van der Waals surface area contributed by atoms with Crippen LogP contribution >= 0.6 is 0 Å². The number of benzene rings is 1. The number of nitrogens with zero attached hydrogens (tertiary/aromatic N) is 1. The van der Waals surface area contributed by atoms with E-state index in [2.05, 4.69) is 0 Å². The number of aliphatic hydroxyl groups is 1. The van der Waals surface area contributed by atoms with Crippen molar-refractivity contribution in [1.82, 2.24) is 4.31 Å². The average Bonchev–Trinajstić information content (AvgIpc) is 2.94. The van der Waals surface area contributed by atoms with Gasteiger partial charge < -0.3 is 5.11 Å². The van der Waals surface area contributed by atoms with Gasteiger partial charge in [-0.05, 0) is 36.7 Å². The van der Waals surface area contributed by atoms with Gasteiger partial charge in [-0.1, -0.05) is 44.2 Å².